The summed E-state index contributed by atoms with van der Waals surface area (Å²) in [6, 6.07) is 14.3. The Balaban J connectivity index is 2.05. The Morgan fingerprint density at radius 3 is 2.04 bits per heavy atom. The largest absolute Gasteiger partial charge is 0.311 e. The van der Waals surface area contributed by atoms with Gasteiger partial charge >= 0.3 is 0 Å². The molecule has 4 rings (SSSR count). The molecular formula is C20H14N2O3. The standard InChI is InChI=1S/C20H14N2O3/c1-3-16(23)22-15-11-7-5-9-13(15)18(20(22)25)17-12-8-4-6-10-14(12)21(2)19(17)24/h3-11H,1H2,2H3/b18-17+. The zero-order valence-electron chi connectivity index (χ0n) is 13.5. The van der Waals surface area contributed by atoms with Crippen LogP contribution in [0, 0.1) is 0 Å². The summed E-state index contributed by atoms with van der Waals surface area (Å²) in [5.41, 5.74) is 3.08. The molecule has 0 fully saturated rings. The molecule has 25 heavy (non-hydrogen) atoms. The van der Waals surface area contributed by atoms with Crippen LogP contribution in [0.15, 0.2) is 61.2 Å². The zero-order valence-corrected chi connectivity index (χ0v) is 13.5. The quantitative estimate of drug-likeness (QED) is 0.755. The molecule has 0 N–H and O–H groups in total. The number of carbonyl (C=O) groups excluding carboxylic acids is 3. The van der Waals surface area contributed by atoms with E-state index in [2.05, 4.69) is 6.58 Å². The van der Waals surface area contributed by atoms with E-state index in [4.69, 9.17) is 0 Å². The van der Waals surface area contributed by atoms with E-state index >= 15 is 0 Å². The minimum atomic E-state index is -0.514. The second-order valence-corrected chi connectivity index (χ2v) is 5.83. The van der Waals surface area contributed by atoms with E-state index in [0.717, 1.165) is 16.7 Å². The first-order valence-corrected chi connectivity index (χ1v) is 7.78. The van der Waals surface area contributed by atoms with E-state index in [0.29, 0.717) is 22.4 Å². The van der Waals surface area contributed by atoms with Crippen molar-refractivity contribution in [1.82, 2.24) is 0 Å². The van der Waals surface area contributed by atoms with Gasteiger partial charge in [-0.2, -0.15) is 0 Å². The number of carbonyl (C=O) groups is 3. The van der Waals surface area contributed by atoms with Crippen LogP contribution in [0.1, 0.15) is 11.1 Å². The van der Waals surface area contributed by atoms with Crippen LogP contribution >= 0.6 is 0 Å². The van der Waals surface area contributed by atoms with Crippen molar-refractivity contribution < 1.29 is 14.4 Å². The Hall–Kier alpha value is -3.47. The summed E-state index contributed by atoms with van der Waals surface area (Å²) in [6.07, 6.45) is 1.10. The second-order valence-electron chi connectivity index (χ2n) is 5.83. The van der Waals surface area contributed by atoms with Crippen LogP contribution < -0.4 is 9.80 Å². The van der Waals surface area contributed by atoms with Gasteiger partial charge in [0, 0.05) is 18.2 Å². The summed E-state index contributed by atoms with van der Waals surface area (Å²) < 4.78 is 0. The second kappa shape index (κ2) is 5.27. The third-order valence-corrected chi connectivity index (χ3v) is 4.53. The minimum Gasteiger partial charge on any atom is -0.311 e. The number of amides is 3. The van der Waals surface area contributed by atoms with Crippen molar-refractivity contribution in [2.24, 2.45) is 0 Å². The minimum absolute atomic E-state index is 0.257. The lowest BCUT2D eigenvalue weighted by Gasteiger charge is -2.12. The maximum atomic E-state index is 13.0. The van der Waals surface area contributed by atoms with Crippen molar-refractivity contribution in [3.8, 4) is 0 Å². The molecule has 0 spiro atoms. The average molecular weight is 330 g/mol. The molecule has 3 amide bonds. The van der Waals surface area contributed by atoms with Gasteiger partial charge in [-0.1, -0.05) is 43.0 Å². The number of imide groups is 1. The van der Waals surface area contributed by atoms with Crippen LogP contribution in [-0.2, 0) is 14.4 Å². The smallest absolute Gasteiger partial charge is 0.266 e. The molecule has 0 atom stereocenters. The number of hydrogen-bond acceptors (Lipinski definition) is 3. The van der Waals surface area contributed by atoms with Crippen molar-refractivity contribution in [1.29, 1.82) is 0 Å². The summed E-state index contributed by atoms with van der Waals surface area (Å²) in [7, 11) is 1.67. The van der Waals surface area contributed by atoms with Gasteiger partial charge in [0.15, 0.2) is 0 Å². The van der Waals surface area contributed by atoms with Crippen LogP contribution in [0.3, 0.4) is 0 Å². The van der Waals surface area contributed by atoms with Crippen molar-refractivity contribution in [3.05, 3.63) is 72.3 Å². The Kier molecular flexibility index (Phi) is 3.18. The Morgan fingerprint density at radius 1 is 0.880 bits per heavy atom. The summed E-state index contributed by atoms with van der Waals surface area (Å²) in [5.74, 6) is -1.27. The van der Waals surface area contributed by atoms with Crippen LogP contribution in [0.4, 0.5) is 11.4 Å². The normalized spacial score (nSPS) is 18.4. The fourth-order valence-electron chi connectivity index (χ4n) is 3.38. The highest BCUT2D eigenvalue weighted by atomic mass is 16.2. The van der Waals surface area contributed by atoms with Crippen molar-refractivity contribution in [2.45, 2.75) is 0 Å². The Labute approximate surface area is 144 Å². The molecule has 0 saturated heterocycles. The van der Waals surface area contributed by atoms with E-state index in [1.807, 2.05) is 24.3 Å². The molecule has 2 aromatic rings. The number of hydrogen-bond donors (Lipinski definition) is 0. The molecule has 0 bridgehead atoms. The highest BCUT2D eigenvalue weighted by Crippen LogP contribution is 2.45. The van der Waals surface area contributed by atoms with Crippen molar-refractivity contribution >= 4 is 40.2 Å². The number of rotatable bonds is 1. The number of benzene rings is 2. The van der Waals surface area contributed by atoms with Gasteiger partial charge in [-0.3, -0.25) is 14.4 Å². The molecule has 2 aromatic carbocycles. The molecular weight excluding hydrogens is 316 g/mol. The first-order valence-electron chi connectivity index (χ1n) is 7.78. The van der Waals surface area contributed by atoms with Crippen LogP contribution in [0.2, 0.25) is 0 Å². The molecule has 2 aliphatic rings. The number of fused-ring (bicyclic) bond motifs is 2. The molecule has 0 saturated carbocycles. The fraction of sp³-hybridized carbons (Fsp3) is 0.0500. The van der Waals surface area contributed by atoms with Crippen molar-refractivity contribution in [3.63, 3.8) is 0 Å². The zero-order chi connectivity index (χ0) is 17.7. The van der Waals surface area contributed by atoms with Gasteiger partial charge in [-0.05, 0) is 18.2 Å². The van der Waals surface area contributed by atoms with E-state index in [-0.39, 0.29) is 11.5 Å². The average Bonchev–Trinajstić information content (AvgIpc) is 3.06. The fourth-order valence-corrected chi connectivity index (χ4v) is 3.38. The van der Waals surface area contributed by atoms with E-state index in [1.54, 1.807) is 31.3 Å². The molecule has 5 heteroatoms. The first-order chi connectivity index (χ1) is 12.1. The number of likely N-dealkylation sites (N-methyl/N-ethyl adjacent to an activating group) is 1. The highest BCUT2D eigenvalue weighted by molar-refractivity contribution is 6.52. The lowest BCUT2D eigenvalue weighted by molar-refractivity contribution is -0.121. The SMILES string of the molecule is C=CC(=O)N1C(=O)/C(=C2/C(=O)N(C)c3ccccc32)c2ccccc21. The number of anilines is 2. The Morgan fingerprint density at radius 2 is 1.40 bits per heavy atom. The Bertz CT molecular complexity index is 1000. The highest BCUT2D eigenvalue weighted by Gasteiger charge is 2.42. The summed E-state index contributed by atoms with van der Waals surface area (Å²) >= 11 is 0. The van der Waals surface area contributed by atoms with E-state index in [9.17, 15) is 14.4 Å². The topological polar surface area (TPSA) is 57.7 Å². The first kappa shape index (κ1) is 15.1. The van der Waals surface area contributed by atoms with Gasteiger partial charge in [-0.15, -0.1) is 0 Å². The third-order valence-electron chi connectivity index (χ3n) is 4.53. The maximum Gasteiger partial charge on any atom is 0.266 e. The van der Waals surface area contributed by atoms with Gasteiger partial charge in [0.1, 0.15) is 0 Å². The molecule has 5 nitrogen and oxygen atoms in total. The predicted molar refractivity (Wildman–Crippen MR) is 95.8 cm³/mol. The monoisotopic (exact) mass is 330 g/mol. The molecule has 2 aliphatic heterocycles. The van der Waals surface area contributed by atoms with Gasteiger partial charge < -0.3 is 4.90 Å². The van der Waals surface area contributed by atoms with Gasteiger partial charge in [0.2, 0.25) is 0 Å². The summed E-state index contributed by atoms with van der Waals surface area (Å²) in [6.45, 7) is 3.46. The summed E-state index contributed by atoms with van der Waals surface area (Å²) in [5, 5.41) is 0. The molecule has 2 heterocycles. The molecule has 0 radical (unpaired) electrons. The number of para-hydroxylation sites is 2. The van der Waals surface area contributed by atoms with Crippen molar-refractivity contribution in [2.75, 3.05) is 16.8 Å². The molecule has 0 aliphatic carbocycles. The molecule has 0 unspecified atom stereocenters. The lowest BCUT2D eigenvalue weighted by atomic mass is 9.96. The van der Waals surface area contributed by atoms with E-state index in [1.165, 1.54) is 4.90 Å². The van der Waals surface area contributed by atoms with Gasteiger partial charge in [0.25, 0.3) is 17.7 Å². The predicted octanol–water partition coefficient (Wildman–Crippen LogP) is 2.63. The van der Waals surface area contributed by atoms with E-state index < -0.39 is 11.8 Å². The van der Waals surface area contributed by atoms with Gasteiger partial charge in [0.05, 0.1) is 22.5 Å². The van der Waals surface area contributed by atoms with Gasteiger partial charge in [-0.25, -0.2) is 4.90 Å². The third kappa shape index (κ3) is 1.92. The molecule has 122 valence electrons. The number of nitrogens with zero attached hydrogens (tertiary/aromatic N) is 2. The summed E-state index contributed by atoms with van der Waals surface area (Å²) in [4.78, 5) is 40.7. The van der Waals surface area contributed by atoms with Crippen LogP contribution in [0.25, 0.3) is 11.1 Å². The lowest BCUT2D eigenvalue weighted by Crippen LogP contribution is -2.32. The van der Waals surface area contributed by atoms with Crippen LogP contribution in [0.5, 0.6) is 0 Å². The maximum absolute atomic E-state index is 13.0. The molecule has 0 aromatic heterocycles. The van der Waals surface area contributed by atoms with Crippen LogP contribution in [-0.4, -0.2) is 24.8 Å².